The first kappa shape index (κ1) is 19.5. The Balaban J connectivity index is 1.45. The van der Waals surface area contributed by atoms with Crippen LogP contribution in [0.25, 0.3) is 10.8 Å². The monoisotopic (exact) mass is 421 g/mol. The third kappa shape index (κ3) is 3.74. The van der Waals surface area contributed by atoms with E-state index in [1.807, 2.05) is 47.4 Å². The maximum atomic E-state index is 13.1. The summed E-state index contributed by atoms with van der Waals surface area (Å²) in [6, 6.07) is 15.1. The molecule has 3 nitrogen and oxygen atoms in total. The molecule has 0 saturated carbocycles. The van der Waals surface area contributed by atoms with Crippen molar-refractivity contribution in [3.05, 3.63) is 102 Å². The first-order valence-electron chi connectivity index (χ1n) is 10.2. The number of halogens is 3. The maximum Gasteiger partial charge on any atom is 0.416 e. The van der Waals surface area contributed by atoms with Crippen molar-refractivity contribution < 1.29 is 22.5 Å². The number of ketones is 1. The molecule has 0 N–H and O–H groups in total. The number of aryl methyl sites for hydroxylation is 1. The van der Waals surface area contributed by atoms with E-state index in [2.05, 4.69) is 22.9 Å². The highest BCUT2D eigenvalue weighted by atomic mass is 19.4. The number of nitrogens with zero attached hydrogens (tertiary/aromatic N) is 2. The number of hydrogen-bond donors (Lipinski definition) is 0. The predicted octanol–water partition coefficient (Wildman–Crippen LogP) is 5.37. The van der Waals surface area contributed by atoms with Gasteiger partial charge < -0.3 is 4.57 Å². The van der Waals surface area contributed by atoms with Crippen molar-refractivity contribution in [1.82, 2.24) is 4.57 Å². The lowest BCUT2D eigenvalue weighted by atomic mass is 9.85. The molecule has 0 amide bonds. The first-order valence-corrected chi connectivity index (χ1v) is 10.2. The second-order valence-electron chi connectivity index (χ2n) is 8.01. The van der Waals surface area contributed by atoms with E-state index in [0.717, 1.165) is 29.4 Å². The average Bonchev–Trinajstić information content (AvgIpc) is 3.15. The van der Waals surface area contributed by atoms with Gasteiger partial charge in [0.15, 0.2) is 12.4 Å². The number of carbonyl (C=O) groups excluding carboxylic acids is 1. The first-order chi connectivity index (χ1) is 14.9. The van der Waals surface area contributed by atoms with Gasteiger partial charge in [-0.1, -0.05) is 36.4 Å². The third-order valence-corrected chi connectivity index (χ3v) is 5.92. The smallest absolute Gasteiger partial charge is 0.348 e. The summed E-state index contributed by atoms with van der Waals surface area (Å²) < 4.78 is 43.3. The second kappa shape index (κ2) is 7.38. The van der Waals surface area contributed by atoms with Crippen LogP contribution >= 0.6 is 0 Å². The number of benzene rings is 2. The molecule has 0 saturated heterocycles. The van der Waals surface area contributed by atoms with Crippen LogP contribution in [0.1, 0.15) is 39.5 Å². The quantitative estimate of drug-likeness (QED) is 0.409. The van der Waals surface area contributed by atoms with Crippen molar-refractivity contribution in [2.75, 3.05) is 0 Å². The van der Waals surface area contributed by atoms with Gasteiger partial charge in [0.1, 0.15) is 0 Å². The largest absolute Gasteiger partial charge is 0.416 e. The molecule has 31 heavy (non-hydrogen) atoms. The highest BCUT2D eigenvalue weighted by molar-refractivity contribution is 6.00. The Kier molecular flexibility index (Phi) is 4.65. The van der Waals surface area contributed by atoms with E-state index in [-0.39, 0.29) is 11.3 Å². The van der Waals surface area contributed by atoms with Gasteiger partial charge in [-0.15, -0.1) is 0 Å². The number of hydrogen-bond acceptors (Lipinski definition) is 1. The number of Topliss-reactive ketones (excluding diaryl/α,β-unsaturated/α-hetero) is 1. The number of rotatable bonds is 3. The molecule has 4 aromatic rings. The van der Waals surface area contributed by atoms with E-state index in [1.54, 1.807) is 0 Å². The van der Waals surface area contributed by atoms with E-state index in [0.29, 0.717) is 18.4 Å². The molecule has 5 rings (SSSR count). The molecular formula is C25H20F3N2O+. The Bertz CT molecular complexity index is 1280. The van der Waals surface area contributed by atoms with Crippen molar-refractivity contribution in [1.29, 1.82) is 0 Å². The van der Waals surface area contributed by atoms with E-state index in [9.17, 15) is 18.0 Å². The molecule has 0 bridgehead atoms. The van der Waals surface area contributed by atoms with Crippen LogP contribution in [0.2, 0.25) is 0 Å². The summed E-state index contributed by atoms with van der Waals surface area (Å²) in [6.45, 7) is 0.742. The molecule has 1 aliphatic rings. The molecule has 1 atom stereocenters. The number of aromatic nitrogens is 2. The molecule has 2 heterocycles. The summed E-state index contributed by atoms with van der Waals surface area (Å²) in [6.07, 6.45) is 4.52. The van der Waals surface area contributed by atoms with Crippen molar-refractivity contribution in [2.24, 2.45) is 0 Å². The van der Waals surface area contributed by atoms with Gasteiger partial charge in [-0.2, -0.15) is 17.7 Å². The fourth-order valence-corrected chi connectivity index (χ4v) is 4.33. The predicted molar refractivity (Wildman–Crippen MR) is 111 cm³/mol. The van der Waals surface area contributed by atoms with Crippen LogP contribution in [0.15, 0.2) is 79.4 Å². The zero-order valence-electron chi connectivity index (χ0n) is 16.6. The van der Waals surface area contributed by atoms with Gasteiger partial charge in [-0.05, 0) is 29.7 Å². The van der Waals surface area contributed by atoms with E-state index >= 15 is 0 Å². The van der Waals surface area contributed by atoms with Gasteiger partial charge >= 0.3 is 6.18 Å². The van der Waals surface area contributed by atoms with Crippen LogP contribution < -0.4 is 4.57 Å². The Labute approximate surface area is 177 Å². The topological polar surface area (TPSA) is 25.9 Å². The molecule has 0 aliphatic heterocycles. The van der Waals surface area contributed by atoms with Crippen molar-refractivity contribution in [3.8, 4) is 0 Å². The summed E-state index contributed by atoms with van der Waals surface area (Å²) >= 11 is 0. The van der Waals surface area contributed by atoms with Crippen LogP contribution in [0, 0.1) is 0 Å². The van der Waals surface area contributed by atoms with Gasteiger partial charge in [-0.25, -0.2) is 0 Å². The number of carbonyl (C=O) groups is 1. The normalized spacial score (nSPS) is 16.5. The lowest BCUT2D eigenvalue weighted by Gasteiger charge is -2.21. The van der Waals surface area contributed by atoms with Crippen molar-refractivity contribution in [2.45, 2.75) is 31.6 Å². The highest BCUT2D eigenvalue weighted by Gasteiger charge is 2.37. The third-order valence-electron chi connectivity index (χ3n) is 5.92. The van der Waals surface area contributed by atoms with Crippen LogP contribution in [0.3, 0.4) is 0 Å². The molecule has 2 aromatic heterocycles. The van der Waals surface area contributed by atoms with Gasteiger partial charge in [0, 0.05) is 42.4 Å². The molecule has 1 aliphatic carbocycles. The fraction of sp³-hybridized carbons (Fsp3) is 0.200. The zero-order chi connectivity index (χ0) is 21.6. The van der Waals surface area contributed by atoms with E-state index in [1.165, 1.54) is 11.6 Å². The van der Waals surface area contributed by atoms with Crippen LogP contribution in [-0.4, -0.2) is 10.4 Å². The molecule has 1 unspecified atom stereocenters. The Morgan fingerprint density at radius 1 is 1.00 bits per heavy atom. The summed E-state index contributed by atoms with van der Waals surface area (Å²) in [5, 5.41) is 2.04. The van der Waals surface area contributed by atoms with E-state index in [4.69, 9.17) is 0 Å². The maximum absolute atomic E-state index is 13.1. The lowest BCUT2D eigenvalue weighted by Crippen LogP contribution is -2.45. The number of fused-ring (bicyclic) bond motifs is 2. The zero-order valence-corrected chi connectivity index (χ0v) is 16.6. The van der Waals surface area contributed by atoms with Crippen molar-refractivity contribution in [3.63, 3.8) is 0 Å². The number of alkyl halides is 3. The molecule has 6 heteroatoms. The minimum absolute atomic E-state index is 0.181. The number of pyridine rings is 1. The van der Waals surface area contributed by atoms with Gasteiger partial charge in [0.25, 0.3) is 0 Å². The molecule has 2 aromatic carbocycles. The Morgan fingerprint density at radius 2 is 1.77 bits per heavy atom. The van der Waals surface area contributed by atoms with E-state index < -0.39 is 17.8 Å². The molecule has 0 fully saturated rings. The second-order valence-corrected chi connectivity index (χ2v) is 8.01. The SMILES string of the molecule is O=C1c2cc(C(F)(F)F)ccc2CCC1[n+]1ccc2cn(Cc3ccccc3)cc2c1. The Morgan fingerprint density at radius 3 is 2.55 bits per heavy atom. The van der Waals surface area contributed by atoms with Gasteiger partial charge in [-0.3, -0.25) is 4.79 Å². The minimum atomic E-state index is -4.46. The summed E-state index contributed by atoms with van der Waals surface area (Å²) in [4.78, 5) is 13.1. The average molecular weight is 421 g/mol. The fourth-order valence-electron chi connectivity index (χ4n) is 4.33. The summed E-state index contributed by atoms with van der Waals surface area (Å²) in [7, 11) is 0. The van der Waals surface area contributed by atoms with Crippen LogP contribution in [0.4, 0.5) is 13.2 Å². The van der Waals surface area contributed by atoms with Gasteiger partial charge in [0.2, 0.25) is 11.8 Å². The Hall–Kier alpha value is -3.41. The summed E-state index contributed by atoms with van der Waals surface area (Å²) in [5.74, 6) is -0.264. The van der Waals surface area contributed by atoms with Crippen LogP contribution in [0.5, 0.6) is 0 Å². The standard InChI is InChI=1S/C25H20F3N2O/c26-25(27,28)21-8-6-18-7-9-23(24(31)22(18)12-21)30-11-10-19-14-29(15-20(19)16-30)13-17-4-2-1-3-5-17/h1-6,8,10-12,14-16,23H,7,9,13H2/q+1. The highest BCUT2D eigenvalue weighted by Crippen LogP contribution is 2.34. The van der Waals surface area contributed by atoms with Crippen molar-refractivity contribution >= 4 is 16.6 Å². The molecule has 156 valence electrons. The summed E-state index contributed by atoms with van der Waals surface area (Å²) in [5.41, 5.74) is 1.28. The molecule has 0 radical (unpaired) electrons. The molecular weight excluding hydrogens is 401 g/mol. The lowest BCUT2D eigenvalue weighted by molar-refractivity contribution is -0.707. The minimum Gasteiger partial charge on any atom is -0.348 e. The van der Waals surface area contributed by atoms with Crippen LogP contribution in [-0.2, 0) is 19.1 Å². The molecule has 0 spiro atoms. The van der Waals surface area contributed by atoms with Gasteiger partial charge in [0.05, 0.1) is 10.9 Å².